The number of aliphatic hydroxyl groups is 1. The molecule has 1 aromatic carbocycles. The maximum Gasteiger partial charge on any atom is 0.312 e. The van der Waals surface area contributed by atoms with Crippen molar-refractivity contribution in [1.82, 2.24) is 4.90 Å². The van der Waals surface area contributed by atoms with Crippen LogP contribution in [0.15, 0.2) is 43.5 Å². The second-order valence-electron chi connectivity index (χ2n) is 10.5. The zero-order chi connectivity index (χ0) is 28.5. The molecular weight excluding hydrogens is 588 g/mol. The summed E-state index contributed by atoms with van der Waals surface area (Å²) in [6.07, 6.45) is 5.50. The molecule has 3 fully saturated rings. The number of unbranched alkanes of at least 4 members (excludes halogenated alkanes) is 2. The third-order valence-corrected chi connectivity index (χ3v) is 9.21. The molecule has 3 aliphatic rings. The summed E-state index contributed by atoms with van der Waals surface area (Å²) in [5.74, 6) is -3.06. The highest BCUT2D eigenvalue weighted by atomic mass is 79.9. The number of nitrogens with zero attached hydrogens (tertiary/aromatic N) is 2. The molecule has 1 aromatic rings. The number of allylic oxidation sites excluding steroid dienone is 1. The molecule has 3 aliphatic heterocycles. The first kappa shape index (κ1) is 29.8. The molecular formula is C29H36BrClN2O6. The van der Waals surface area contributed by atoms with Crippen molar-refractivity contribution in [3.05, 3.63) is 54.1 Å². The first-order valence-corrected chi connectivity index (χ1v) is 14.6. The molecule has 3 unspecified atom stereocenters. The molecule has 2 amide bonds. The van der Waals surface area contributed by atoms with Gasteiger partial charge in [0.1, 0.15) is 11.6 Å². The lowest BCUT2D eigenvalue weighted by Crippen LogP contribution is -2.59. The van der Waals surface area contributed by atoms with Crippen molar-refractivity contribution in [2.75, 3.05) is 24.7 Å². The number of carbonyl (C=O) groups is 3. The van der Waals surface area contributed by atoms with E-state index < -0.39 is 47.5 Å². The number of hydrogen-bond donors (Lipinski definition) is 1. The molecule has 3 saturated heterocycles. The Bertz CT molecular complexity index is 1130. The molecule has 0 saturated carbocycles. The lowest BCUT2D eigenvalue weighted by Gasteiger charge is -2.39. The highest BCUT2D eigenvalue weighted by molar-refractivity contribution is 9.09. The van der Waals surface area contributed by atoms with Gasteiger partial charge in [0.2, 0.25) is 5.91 Å². The van der Waals surface area contributed by atoms with Gasteiger partial charge >= 0.3 is 5.97 Å². The number of carbonyl (C=O) groups excluding carboxylic acids is 3. The van der Waals surface area contributed by atoms with E-state index in [0.717, 1.165) is 18.4 Å². The largest absolute Gasteiger partial charge is 0.465 e. The molecule has 212 valence electrons. The number of hydrogen-bond acceptors (Lipinski definition) is 6. The Kier molecular flexibility index (Phi) is 9.26. The Balaban J connectivity index is 1.74. The Labute approximate surface area is 243 Å². The number of rotatable bonds is 12. The van der Waals surface area contributed by atoms with E-state index in [2.05, 4.69) is 29.1 Å². The second kappa shape index (κ2) is 12.1. The number of para-hydroxylation sites is 1. The predicted octanol–water partition coefficient (Wildman–Crippen LogP) is 4.20. The summed E-state index contributed by atoms with van der Waals surface area (Å²) >= 11 is 10.2. The Morgan fingerprint density at radius 2 is 2.10 bits per heavy atom. The van der Waals surface area contributed by atoms with E-state index in [0.29, 0.717) is 23.6 Å². The standard InChI is InChI=1S/C29H36BrClN2O6/c1-5-7-8-9-14-38-28(37)21-22-26(35)33(18(4)16-34)25(29(22)15-19(30)24(21)39-29)27(36)32(13-6-2)23-17(3)11-10-12-20(23)31/h5-6,10-12,18-19,21-22,24-25,34H,1-2,7-9,13-16H2,3-4H3/t18-,19?,21-,22+,24-,25?,29?/m1/s1. The molecule has 4 rings (SSSR count). The molecule has 0 aliphatic carbocycles. The van der Waals surface area contributed by atoms with Crippen molar-refractivity contribution in [2.45, 2.75) is 68.1 Å². The smallest absolute Gasteiger partial charge is 0.312 e. The first-order chi connectivity index (χ1) is 18.6. The fourth-order valence-corrected chi connectivity index (χ4v) is 7.64. The van der Waals surface area contributed by atoms with Crippen LogP contribution >= 0.6 is 27.5 Å². The van der Waals surface area contributed by atoms with Crippen LogP contribution in [0.2, 0.25) is 5.02 Å². The lowest BCUT2D eigenvalue weighted by atomic mass is 9.70. The summed E-state index contributed by atoms with van der Waals surface area (Å²) in [7, 11) is 0. The van der Waals surface area contributed by atoms with Gasteiger partial charge in [-0.15, -0.1) is 13.2 Å². The SMILES string of the molecule is C=CCCCCOC(=O)[C@H]1[C@@H]2OC3(CC2Br)C(C(=O)N(CC=C)c2c(C)cccc2Cl)N([C@H](C)CO)C(=O)[C@H]13. The molecule has 1 spiro atoms. The normalized spacial score (nSPS) is 29.7. The maximum atomic E-state index is 14.5. The summed E-state index contributed by atoms with van der Waals surface area (Å²) < 4.78 is 12.1. The Hall–Kier alpha value is -2.20. The number of likely N-dealkylation sites (tertiary alicyclic amines) is 1. The van der Waals surface area contributed by atoms with Crippen molar-refractivity contribution < 1.29 is 29.0 Å². The number of aryl methyl sites for hydroxylation is 1. The van der Waals surface area contributed by atoms with Crippen molar-refractivity contribution in [3.63, 3.8) is 0 Å². The lowest BCUT2D eigenvalue weighted by molar-refractivity contribution is -0.155. The molecule has 3 heterocycles. The average molecular weight is 624 g/mol. The van der Waals surface area contributed by atoms with Gasteiger partial charge in [-0.1, -0.05) is 51.8 Å². The van der Waals surface area contributed by atoms with Crippen LogP contribution in [0.1, 0.15) is 38.2 Å². The van der Waals surface area contributed by atoms with Gasteiger partial charge in [0.15, 0.2) is 0 Å². The summed E-state index contributed by atoms with van der Waals surface area (Å²) in [6.45, 7) is 11.1. The predicted molar refractivity (Wildman–Crippen MR) is 153 cm³/mol. The monoisotopic (exact) mass is 622 g/mol. The number of esters is 1. The number of anilines is 1. The maximum absolute atomic E-state index is 14.5. The van der Waals surface area contributed by atoms with Gasteiger partial charge < -0.3 is 24.4 Å². The van der Waals surface area contributed by atoms with Gasteiger partial charge in [-0.25, -0.2) is 0 Å². The number of aliphatic hydroxyl groups excluding tert-OH is 1. The molecule has 0 aromatic heterocycles. The minimum absolute atomic E-state index is 0.146. The van der Waals surface area contributed by atoms with Crippen LogP contribution in [0, 0.1) is 18.8 Å². The topological polar surface area (TPSA) is 96.4 Å². The van der Waals surface area contributed by atoms with Crippen LogP contribution in [-0.4, -0.2) is 76.2 Å². The molecule has 0 radical (unpaired) electrons. The van der Waals surface area contributed by atoms with Gasteiger partial charge in [-0.3, -0.25) is 14.4 Å². The second-order valence-corrected chi connectivity index (χ2v) is 12.1. The molecule has 1 N–H and O–H groups in total. The third kappa shape index (κ3) is 5.07. The highest BCUT2D eigenvalue weighted by Gasteiger charge is 2.77. The van der Waals surface area contributed by atoms with Crippen molar-refractivity contribution >= 4 is 51.0 Å². The number of ether oxygens (including phenoxy) is 2. The summed E-state index contributed by atoms with van der Waals surface area (Å²) in [5, 5.41) is 10.5. The van der Waals surface area contributed by atoms with E-state index in [9.17, 15) is 19.5 Å². The zero-order valence-electron chi connectivity index (χ0n) is 22.4. The third-order valence-electron chi connectivity index (χ3n) is 8.06. The minimum Gasteiger partial charge on any atom is -0.465 e. The van der Waals surface area contributed by atoms with Crippen molar-refractivity contribution in [1.29, 1.82) is 0 Å². The number of fused-ring (bicyclic) bond motifs is 1. The number of benzene rings is 1. The fourth-order valence-electron chi connectivity index (χ4n) is 6.37. The van der Waals surface area contributed by atoms with Crippen molar-refractivity contribution in [2.24, 2.45) is 11.8 Å². The van der Waals surface area contributed by atoms with Gasteiger partial charge in [0.25, 0.3) is 5.91 Å². The number of alkyl halides is 1. The van der Waals surface area contributed by atoms with Crippen LogP contribution < -0.4 is 4.90 Å². The van der Waals surface area contributed by atoms with Gasteiger partial charge in [0.05, 0.1) is 47.9 Å². The van der Waals surface area contributed by atoms with Gasteiger partial charge in [0, 0.05) is 11.4 Å². The molecule has 10 heteroatoms. The van der Waals surface area contributed by atoms with E-state index in [4.69, 9.17) is 21.1 Å². The quantitative estimate of drug-likeness (QED) is 0.162. The number of amides is 2. The van der Waals surface area contributed by atoms with Crippen LogP contribution in [0.25, 0.3) is 0 Å². The Morgan fingerprint density at radius 3 is 2.74 bits per heavy atom. The Morgan fingerprint density at radius 1 is 1.36 bits per heavy atom. The highest BCUT2D eigenvalue weighted by Crippen LogP contribution is 2.60. The van der Waals surface area contributed by atoms with E-state index >= 15 is 0 Å². The fraction of sp³-hybridized carbons (Fsp3) is 0.552. The summed E-state index contributed by atoms with van der Waals surface area (Å²) in [6, 6.07) is 3.60. The summed E-state index contributed by atoms with van der Waals surface area (Å²) in [4.78, 5) is 44.6. The van der Waals surface area contributed by atoms with E-state index in [1.165, 1.54) is 9.80 Å². The van der Waals surface area contributed by atoms with Gasteiger partial charge in [-0.05, 0) is 51.2 Å². The van der Waals surface area contributed by atoms with E-state index in [1.807, 2.05) is 19.1 Å². The number of halogens is 2. The average Bonchev–Trinajstić information content (AvgIpc) is 3.50. The van der Waals surface area contributed by atoms with Gasteiger partial charge in [-0.2, -0.15) is 0 Å². The molecule has 2 bridgehead atoms. The van der Waals surface area contributed by atoms with E-state index in [-0.39, 0.29) is 30.5 Å². The molecule has 39 heavy (non-hydrogen) atoms. The van der Waals surface area contributed by atoms with E-state index in [1.54, 1.807) is 25.1 Å². The van der Waals surface area contributed by atoms with Crippen LogP contribution in [0.3, 0.4) is 0 Å². The molecule has 7 atom stereocenters. The van der Waals surface area contributed by atoms with Crippen molar-refractivity contribution in [3.8, 4) is 0 Å². The first-order valence-electron chi connectivity index (χ1n) is 13.3. The van der Waals surface area contributed by atoms with Crippen LogP contribution in [0.5, 0.6) is 0 Å². The molecule has 8 nitrogen and oxygen atoms in total. The zero-order valence-corrected chi connectivity index (χ0v) is 24.7. The minimum atomic E-state index is -1.27. The van der Waals surface area contributed by atoms with Crippen LogP contribution in [0.4, 0.5) is 5.69 Å². The van der Waals surface area contributed by atoms with Crippen LogP contribution in [-0.2, 0) is 23.9 Å². The summed E-state index contributed by atoms with van der Waals surface area (Å²) in [5.41, 5.74) is 0.0366.